The number of nitrogens with zero attached hydrogens (tertiary/aromatic N) is 1. The van der Waals surface area contributed by atoms with E-state index in [2.05, 4.69) is 6.58 Å². The normalized spacial score (nSPS) is 10.7. The Balaban J connectivity index is 2.37. The molecule has 1 aromatic heterocycles. The Labute approximate surface area is 104 Å². The maximum atomic E-state index is 11.4. The van der Waals surface area contributed by atoms with Crippen LogP contribution in [0.4, 0.5) is 0 Å². The fourth-order valence-corrected chi connectivity index (χ4v) is 2.11. The molecule has 0 amide bonds. The van der Waals surface area contributed by atoms with Gasteiger partial charge in [-0.15, -0.1) is 0 Å². The number of rotatable bonds is 2. The first-order valence-corrected chi connectivity index (χ1v) is 5.64. The van der Waals surface area contributed by atoms with Gasteiger partial charge in [-0.25, -0.2) is 4.79 Å². The second-order valence-electron chi connectivity index (χ2n) is 3.94. The van der Waals surface area contributed by atoms with E-state index in [1.807, 2.05) is 48.5 Å². The lowest BCUT2D eigenvalue weighted by molar-refractivity contribution is -0.137. The van der Waals surface area contributed by atoms with E-state index < -0.39 is 5.97 Å². The largest absolute Gasteiger partial charge is 0.355 e. The first kappa shape index (κ1) is 10.6. The zero-order valence-electron chi connectivity index (χ0n) is 9.67. The second kappa shape index (κ2) is 4.04. The van der Waals surface area contributed by atoms with Crippen LogP contribution in [0.1, 0.15) is 0 Å². The number of aromatic nitrogens is 1. The summed E-state index contributed by atoms with van der Waals surface area (Å²) in [6.07, 6.45) is 1.16. The number of hydrogen-bond acceptors (Lipinski definition) is 2. The highest BCUT2D eigenvalue weighted by atomic mass is 16.7. The molecular weight excluding hydrogens is 226 g/mol. The van der Waals surface area contributed by atoms with E-state index in [-0.39, 0.29) is 0 Å². The maximum absolute atomic E-state index is 11.4. The summed E-state index contributed by atoms with van der Waals surface area (Å²) in [7, 11) is 0. The van der Waals surface area contributed by atoms with Gasteiger partial charge in [-0.05, 0) is 12.1 Å². The maximum Gasteiger partial charge on any atom is 0.355 e. The lowest BCUT2D eigenvalue weighted by atomic mass is 10.2. The molecule has 0 saturated carbocycles. The van der Waals surface area contributed by atoms with Crippen LogP contribution < -0.4 is 4.84 Å². The van der Waals surface area contributed by atoms with Crippen molar-refractivity contribution in [1.82, 2.24) is 4.73 Å². The average Bonchev–Trinajstić information content (AvgIpc) is 2.74. The van der Waals surface area contributed by atoms with Crippen LogP contribution in [0.2, 0.25) is 0 Å². The Bertz CT molecular complexity index is 702. The molecule has 0 saturated heterocycles. The van der Waals surface area contributed by atoms with Gasteiger partial charge in [0.05, 0.1) is 11.0 Å². The van der Waals surface area contributed by atoms with Gasteiger partial charge in [-0.2, -0.15) is 4.73 Å². The summed E-state index contributed by atoms with van der Waals surface area (Å²) in [4.78, 5) is 16.7. The van der Waals surface area contributed by atoms with Crippen LogP contribution in [-0.2, 0) is 4.79 Å². The summed E-state index contributed by atoms with van der Waals surface area (Å²) >= 11 is 0. The molecule has 0 radical (unpaired) electrons. The lowest BCUT2D eigenvalue weighted by Gasteiger charge is -2.04. The smallest absolute Gasteiger partial charge is 0.331 e. The number of fused-ring (bicyclic) bond motifs is 3. The Morgan fingerprint density at radius 3 is 2.00 bits per heavy atom. The number of benzene rings is 2. The van der Waals surface area contributed by atoms with E-state index in [1.54, 1.807) is 4.73 Å². The van der Waals surface area contributed by atoms with Gasteiger partial charge in [0.15, 0.2) is 0 Å². The van der Waals surface area contributed by atoms with E-state index in [4.69, 9.17) is 4.84 Å². The van der Waals surface area contributed by atoms with Crippen molar-refractivity contribution in [1.29, 1.82) is 0 Å². The molecule has 0 spiro atoms. The van der Waals surface area contributed by atoms with E-state index in [1.165, 1.54) is 0 Å². The predicted molar refractivity (Wildman–Crippen MR) is 71.2 cm³/mol. The van der Waals surface area contributed by atoms with Crippen LogP contribution >= 0.6 is 0 Å². The molecule has 0 unspecified atom stereocenters. The molecule has 0 bridgehead atoms. The minimum Gasteiger partial charge on any atom is -0.331 e. The monoisotopic (exact) mass is 237 g/mol. The molecule has 0 atom stereocenters. The highest BCUT2D eigenvalue weighted by Gasteiger charge is 2.11. The van der Waals surface area contributed by atoms with Crippen molar-refractivity contribution < 1.29 is 9.63 Å². The highest BCUT2D eigenvalue weighted by Crippen LogP contribution is 2.27. The fraction of sp³-hybridized carbons (Fsp3) is 0. The summed E-state index contributed by atoms with van der Waals surface area (Å²) in [6.45, 7) is 3.41. The van der Waals surface area contributed by atoms with Crippen molar-refractivity contribution in [3.63, 3.8) is 0 Å². The van der Waals surface area contributed by atoms with Gasteiger partial charge in [0.25, 0.3) is 0 Å². The Morgan fingerprint density at radius 2 is 1.50 bits per heavy atom. The SMILES string of the molecule is C=CC(=O)On1c2ccccc2c2ccccc21. The quantitative estimate of drug-likeness (QED) is 0.642. The molecule has 0 aliphatic heterocycles. The van der Waals surface area contributed by atoms with E-state index in [0.717, 1.165) is 27.9 Å². The van der Waals surface area contributed by atoms with Crippen LogP contribution in [-0.4, -0.2) is 10.7 Å². The Kier molecular flexibility index (Phi) is 2.38. The molecule has 2 aromatic carbocycles. The van der Waals surface area contributed by atoms with E-state index in [9.17, 15) is 4.79 Å². The molecule has 0 aliphatic rings. The van der Waals surface area contributed by atoms with Crippen LogP contribution in [0.5, 0.6) is 0 Å². The van der Waals surface area contributed by atoms with Gasteiger partial charge in [0, 0.05) is 16.8 Å². The van der Waals surface area contributed by atoms with Crippen LogP contribution in [0.3, 0.4) is 0 Å². The minimum absolute atomic E-state index is 0.471. The highest BCUT2D eigenvalue weighted by molar-refractivity contribution is 6.08. The van der Waals surface area contributed by atoms with Crippen molar-refractivity contribution in [2.45, 2.75) is 0 Å². The van der Waals surface area contributed by atoms with Gasteiger partial charge in [-0.3, -0.25) is 0 Å². The summed E-state index contributed by atoms with van der Waals surface area (Å²) in [5, 5.41) is 2.12. The summed E-state index contributed by atoms with van der Waals surface area (Å²) < 4.78 is 1.55. The average molecular weight is 237 g/mol. The first-order valence-electron chi connectivity index (χ1n) is 5.64. The number of carbonyl (C=O) groups is 1. The molecule has 3 heteroatoms. The third-order valence-corrected chi connectivity index (χ3v) is 2.88. The third-order valence-electron chi connectivity index (χ3n) is 2.88. The molecule has 3 aromatic rings. The van der Waals surface area contributed by atoms with Crippen molar-refractivity contribution >= 4 is 27.8 Å². The van der Waals surface area contributed by atoms with Crippen LogP contribution in [0.25, 0.3) is 21.8 Å². The van der Waals surface area contributed by atoms with Gasteiger partial charge in [0.2, 0.25) is 0 Å². The zero-order chi connectivity index (χ0) is 12.5. The van der Waals surface area contributed by atoms with Crippen molar-refractivity contribution in [2.24, 2.45) is 0 Å². The first-order chi connectivity index (χ1) is 8.81. The van der Waals surface area contributed by atoms with Gasteiger partial charge in [-0.1, -0.05) is 43.0 Å². The third kappa shape index (κ3) is 1.49. The molecule has 88 valence electrons. The standard InChI is InChI=1S/C15H11NO2/c1-2-15(17)18-16-13-9-5-3-7-11(13)12-8-4-6-10-14(12)16/h2-10H,1H2. The Morgan fingerprint density at radius 1 is 1.00 bits per heavy atom. The molecule has 0 aliphatic carbocycles. The fourth-order valence-electron chi connectivity index (χ4n) is 2.11. The molecule has 3 rings (SSSR count). The van der Waals surface area contributed by atoms with Crippen LogP contribution in [0.15, 0.2) is 61.2 Å². The molecular formula is C15H11NO2. The Hall–Kier alpha value is -2.55. The number of para-hydroxylation sites is 2. The summed E-state index contributed by atoms with van der Waals surface area (Å²) in [6, 6.07) is 15.6. The molecule has 3 nitrogen and oxygen atoms in total. The zero-order valence-corrected chi connectivity index (χ0v) is 9.67. The molecule has 18 heavy (non-hydrogen) atoms. The van der Waals surface area contributed by atoms with Gasteiger partial charge >= 0.3 is 5.97 Å². The predicted octanol–water partition coefficient (Wildman–Crippen LogP) is 2.94. The minimum atomic E-state index is -0.471. The van der Waals surface area contributed by atoms with Gasteiger partial charge < -0.3 is 4.84 Å². The van der Waals surface area contributed by atoms with Crippen molar-refractivity contribution in [3.05, 3.63) is 61.2 Å². The van der Waals surface area contributed by atoms with E-state index in [0.29, 0.717) is 0 Å². The summed E-state index contributed by atoms with van der Waals surface area (Å²) in [5.41, 5.74) is 1.74. The molecule has 1 heterocycles. The second-order valence-corrected chi connectivity index (χ2v) is 3.94. The lowest BCUT2D eigenvalue weighted by Crippen LogP contribution is -2.16. The number of hydrogen-bond donors (Lipinski definition) is 0. The molecule has 0 fully saturated rings. The van der Waals surface area contributed by atoms with Crippen molar-refractivity contribution in [2.75, 3.05) is 0 Å². The van der Waals surface area contributed by atoms with Crippen molar-refractivity contribution in [3.8, 4) is 0 Å². The van der Waals surface area contributed by atoms with E-state index >= 15 is 0 Å². The molecule has 0 N–H and O–H groups in total. The number of carbonyl (C=O) groups excluding carboxylic acids is 1. The van der Waals surface area contributed by atoms with Gasteiger partial charge in [0.1, 0.15) is 0 Å². The summed E-state index contributed by atoms with van der Waals surface area (Å²) in [5.74, 6) is -0.471. The topological polar surface area (TPSA) is 31.2 Å². The van der Waals surface area contributed by atoms with Crippen LogP contribution in [0, 0.1) is 0 Å².